The van der Waals surface area contributed by atoms with Crippen molar-refractivity contribution in [3.63, 3.8) is 0 Å². The summed E-state index contributed by atoms with van der Waals surface area (Å²) in [6.45, 7) is 0. The largest absolute Gasteiger partial charge is 0.467 e. The van der Waals surface area contributed by atoms with Gasteiger partial charge in [0, 0.05) is 13.5 Å². The molecule has 1 atom stereocenters. The van der Waals surface area contributed by atoms with Crippen LogP contribution in [0.15, 0.2) is 30.5 Å². The molecule has 1 heterocycles. The number of aryl methyl sites for hydroxylation is 1. The maximum absolute atomic E-state index is 12.8. The molecule has 2 aromatic rings. The van der Waals surface area contributed by atoms with Crippen LogP contribution in [0.5, 0.6) is 0 Å². The van der Waals surface area contributed by atoms with E-state index >= 15 is 0 Å². The van der Waals surface area contributed by atoms with Crippen LogP contribution in [0.2, 0.25) is 5.28 Å². The minimum atomic E-state index is -1.12. The van der Waals surface area contributed by atoms with Gasteiger partial charge < -0.3 is 9.64 Å². The molecule has 0 bridgehead atoms. The average molecular weight is 377 g/mol. The Balaban J connectivity index is 2.12. The summed E-state index contributed by atoms with van der Waals surface area (Å²) >= 11 is 5.86. The number of rotatable bonds is 4. The van der Waals surface area contributed by atoms with Crippen molar-refractivity contribution in [3.05, 3.63) is 57.0 Å². The first-order chi connectivity index (χ1) is 12.4. The molecule has 0 aliphatic heterocycles. The highest BCUT2D eigenvalue weighted by Gasteiger charge is 2.48. The predicted octanol–water partition coefficient (Wildman–Crippen LogP) is 2.58. The first kappa shape index (κ1) is 18.1. The van der Waals surface area contributed by atoms with Gasteiger partial charge in [-0.3, -0.25) is 10.1 Å². The molecular weight excluding hydrogens is 360 g/mol. The number of fused-ring (bicyclic) bond motifs is 1. The molecule has 1 aliphatic carbocycles. The Labute approximate surface area is 154 Å². The van der Waals surface area contributed by atoms with Gasteiger partial charge in [-0.1, -0.05) is 24.3 Å². The Kier molecular flexibility index (Phi) is 4.78. The van der Waals surface area contributed by atoms with Gasteiger partial charge in [0.1, 0.15) is 11.7 Å². The zero-order valence-electron chi connectivity index (χ0n) is 14.3. The lowest BCUT2D eigenvalue weighted by Crippen LogP contribution is -2.57. The van der Waals surface area contributed by atoms with E-state index in [1.165, 1.54) is 12.0 Å². The summed E-state index contributed by atoms with van der Waals surface area (Å²) in [5, 5.41) is 11.3. The fourth-order valence-electron chi connectivity index (χ4n) is 3.43. The summed E-state index contributed by atoms with van der Waals surface area (Å²) in [5.74, 6) is -0.488. The molecular formula is C17H17ClN4O4. The highest BCUT2D eigenvalue weighted by Crippen LogP contribution is 2.38. The van der Waals surface area contributed by atoms with E-state index in [9.17, 15) is 14.9 Å². The summed E-state index contributed by atoms with van der Waals surface area (Å²) in [6, 6.07) is 7.81. The third-order valence-electron chi connectivity index (χ3n) is 4.85. The van der Waals surface area contributed by atoms with Crippen molar-refractivity contribution in [2.75, 3.05) is 19.1 Å². The second-order valence-electron chi connectivity index (χ2n) is 6.13. The van der Waals surface area contributed by atoms with Crippen molar-refractivity contribution in [1.29, 1.82) is 0 Å². The third kappa shape index (κ3) is 2.96. The molecule has 0 amide bonds. The van der Waals surface area contributed by atoms with Crippen LogP contribution < -0.4 is 4.90 Å². The number of hydrogen-bond acceptors (Lipinski definition) is 7. The topological polar surface area (TPSA) is 98.5 Å². The van der Waals surface area contributed by atoms with Gasteiger partial charge in [-0.05, 0) is 35.6 Å². The average Bonchev–Trinajstić information content (AvgIpc) is 2.65. The molecule has 1 aliphatic rings. The van der Waals surface area contributed by atoms with Crippen LogP contribution in [0.4, 0.5) is 11.5 Å². The number of halogens is 1. The second kappa shape index (κ2) is 6.87. The summed E-state index contributed by atoms with van der Waals surface area (Å²) in [6.07, 6.45) is 2.47. The van der Waals surface area contributed by atoms with E-state index in [-0.39, 0.29) is 16.8 Å². The standard InChI is InChI=1S/C17H17ClN4O4/c1-21(14-13(22(24)25)10-19-16(18)20-14)17(15(23)26-2)8-7-11-5-3-4-6-12(11)9-17/h3-6,10H,7-9H2,1-2H3. The van der Waals surface area contributed by atoms with Crippen LogP contribution in [0, 0.1) is 10.1 Å². The third-order valence-corrected chi connectivity index (χ3v) is 5.03. The van der Waals surface area contributed by atoms with Gasteiger partial charge in [-0.25, -0.2) is 9.78 Å². The number of carbonyl (C=O) groups excluding carboxylic acids is 1. The zero-order valence-corrected chi connectivity index (χ0v) is 15.1. The van der Waals surface area contributed by atoms with E-state index < -0.39 is 16.4 Å². The van der Waals surface area contributed by atoms with Crippen molar-refractivity contribution in [2.45, 2.75) is 24.8 Å². The highest BCUT2D eigenvalue weighted by molar-refractivity contribution is 6.28. The molecule has 0 fully saturated rings. The number of hydrogen-bond donors (Lipinski definition) is 0. The van der Waals surface area contributed by atoms with Crippen LogP contribution in [-0.2, 0) is 22.4 Å². The second-order valence-corrected chi connectivity index (χ2v) is 6.47. The quantitative estimate of drug-likeness (QED) is 0.350. The molecule has 9 heteroatoms. The van der Waals surface area contributed by atoms with Crippen LogP contribution >= 0.6 is 11.6 Å². The lowest BCUT2D eigenvalue weighted by Gasteiger charge is -2.42. The Morgan fingerprint density at radius 2 is 2.08 bits per heavy atom. The molecule has 0 saturated carbocycles. The van der Waals surface area contributed by atoms with Gasteiger partial charge in [0.25, 0.3) is 0 Å². The van der Waals surface area contributed by atoms with Crippen molar-refractivity contribution < 1.29 is 14.5 Å². The molecule has 26 heavy (non-hydrogen) atoms. The maximum Gasteiger partial charge on any atom is 0.332 e. The van der Waals surface area contributed by atoms with Crippen LogP contribution in [0.1, 0.15) is 17.5 Å². The zero-order chi connectivity index (χ0) is 18.9. The SMILES string of the molecule is COC(=O)C1(N(C)c2nc(Cl)ncc2[N+](=O)[O-])CCc2ccccc2C1. The van der Waals surface area contributed by atoms with E-state index in [1.54, 1.807) is 7.05 Å². The van der Waals surface area contributed by atoms with E-state index in [2.05, 4.69) is 9.97 Å². The molecule has 1 aromatic heterocycles. The fourth-order valence-corrected chi connectivity index (χ4v) is 3.56. The Bertz CT molecular complexity index is 876. The number of methoxy groups -OCH3 is 1. The number of benzene rings is 1. The lowest BCUT2D eigenvalue weighted by atomic mass is 9.77. The monoisotopic (exact) mass is 376 g/mol. The number of nitro groups is 1. The minimum Gasteiger partial charge on any atom is -0.467 e. The molecule has 0 N–H and O–H groups in total. The smallest absolute Gasteiger partial charge is 0.332 e. The van der Waals surface area contributed by atoms with E-state index in [1.807, 2.05) is 24.3 Å². The van der Waals surface area contributed by atoms with Crippen LogP contribution in [-0.4, -0.2) is 40.6 Å². The fraction of sp³-hybridized carbons (Fsp3) is 0.353. The van der Waals surface area contributed by atoms with E-state index in [4.69, 9.17) is 16.3 Å². The van der Waals surface area contributed by atoms with Crippen molar-refractivity contribution in [1.82, 2.24) is 9.97 Å². The van der Waals surface area contributed by atoms with Gasteiger partial charge in [0.05, 0.1) is 12.0 Å². The minimum absolute atomic E-state index is 0.0141. The Hall–Kier alpha value is -2.74. The van der Waals surface area contributed by atoms with Gasteiger partial charge in [-0.15, -0.1) is 0 Å². The number of nitrogens with zero attached hydrogens (tertiary/aromatic N) is 4. The molecule has 1 unspecified atom stereocenters. The normalized spacial score (nSPS) is 18.7. The molecule has 8 nitrogen and oxygen atoms in total. The maximum atomic E-state index is 12.8. The molecule has 0 radical (unpaired) electrons. The molecule has 1 aromatic carbocycles. The van der Waals surface area contributed by atoms with Gasteiger partial charge >= 0.3 is 11.7 Å². The van der Waals surface area contributed by atoms with E-state index in [0.29, 0.717) is 19.3 Å². The van der Waals surface area contributed by atoms with Crippen LogP contribution in [0.25, 0.3) is 0 Å². The number of esters is 1. The number of aromatic nitrogens is 2. The van der Waals surface area contributed by atoms with Crippen LogP contribution in [0.3, 0.4) is 0 Å². The molecule has 0 saturated heterocycles. The van der Waals surface area contributed by atoms with E-state index in [0.717, 1.165) is 17.3 Å². The molecule has 136 valence electrons. The number of anilines is 1. The summed E-state index contributed by atoms with van der Waals surface area (Å²) < 4.78 is 5.05. The van der Waals surface area contributed by atoms with Crippen molar-refractivity contribution >= 4 is 29.1 Å². The number of likely N-dealkylation sites (N-methyl/N-ethyl adjacent to an activating group) is 1. The Morgan fingerprint density at radius 3 is 2.73 bits per heavy atom. The first-order valence-electron chi connectivity index (χ1n) is 7.95. The summed E-state index contributed by atoms with van der Waals surface area (Å²) in [4.78, 5) is 32.8. The van der Waals surface area contributed by atoms with Gasteiger partial charge in [0.2, 0.25) is 11.1 Å². The summed E-state index contributed by atoms with van der Waals surface area (Å²) in [7, 11) is 2.90. The van der Waals surface area contributed by atoms with Gasteiger partial charge in [-0.2, -0.15) is 4.98 Å². The first-order valence-corrected chi connectivity index (χ1v) is 8.33. The predicted molar refractivity (Wildman–Crippen MR) is 95.3 cm³/mol. The number of ether oxygens (including phenoxy) is 1. The lowest BCUT2D eigenvalue weighted by molar-refractivity contribution is -0.384. The highest BCUT2D eigenvalue weighted by atomic mass is 35.5. The molecule has 3 rings (SSSR count). The summed E-state index contributed by atoms with van der Waals surface area (Å²) in [5.41, 5.74) is 0.708. The molecule has 0 spiro atoms. The van der Waals surface area contributed by atoms with Gasteiger partial charge in [0.15, 0.2) is 0 Å². The Morgan fingerprint density at radius 1 is 1.38 bits per heavy atom. The van der Waals surface area contributed by atoms with Crippen molar-refractivity contribution in [2.24, 2.45) is 0 Å². The van der Waals surface area contributed by atoms with Crippen molar-refractivity contribution in [3.8, 4) is 0 Å². The number of carbonyl (C=O) groups is 1.